The number of amides is 1. The van der Waals surface area contributed by atoms with Crippen LogP contribution in [0.15, 0.2) is 79.0 Å². The Bertz CT molecular complexity index is 762. The molecule has 134 valence electrons. The minimum atomic E-state index is 0.0517. The molecule has 0 bridgehead atoms. The van der Waals surface area contributed by atoms with Gasteiger partial charge >= 0.3 is 0 Å². The van der Waals surface area contributed by atoms with Crippen molar-refractivity contribution in [3.63, 3.8) is 0 Å². The van der Waals surface area contributed by atoms with Gasteiger partial charge in [-0.05, 0) is 30.5 Å². The molecule has 3 rings (SSSR count). The zero-order valence-corrected chi connectivity index (χ0v) is 15.1. The number of carbonyl (C=O) groups is 1. The predicted molar refractivity (Wildman–Crippen MR) is 106 cm³/mol. The molecule has 2 aromatic carbocycles. The Morgan fingerprint density at radius 2 is 1.58 bits per heavy atom. The monoisotopic (exact) mass is 347 g/mol. The molecule has 26 heavy (non-hydrogen) atoms. The summed E-state index contributed by atoms with van der Waals surface area (Å²) in [5.74, 6) is 0.986. The Balaban J connectivity index is 1.38. The number of para-hydroxylation sites is 1. The van der Waals surface area contributed by atoms with Gasteiger partial charge in [0.05, 0.1) is 6.61 Å². The van der Waals surface area contributed by atoms with Crippen LogP contribution in [0.4, 0.5) is 0 Å². The number of ether oxygens (including phenoxy) is 1. The number of unbranched alkanes of at least 4 members (excludes halogenated alkanes) is 3. The van der Waals surface area contributed by atoms with E-state index >= 15 is 0 Å². The van der Waals surface area contributed by atoms with Crippen LogP contribution in [-0.4, -0.2) is 24.0 Å². The number of nitrogens with zero attached hydrogens (tertiary/aromatic N) is 1. The Morgan fingerprint density at radius 3 is 2.35 bits per heavy atom. The summed E-state index contributed by atoms with van der Waals surface area (Å²) in [7, 11) is 0. The lowest BCUT2D eigenvalue weighted by atomic mass is 10.1. The SMILES string of the molecule is C=C1C=CC(=O)N1CCCCCCOc1ccccc1-c1ccccc1. The summed E-state index contributed by atoms with van der Waals surface area (Å²) < 4.78 is 6.02. The molecule has 2 aromatic rings. The third-order valence-electron chi connectivity index (χ3n) is 4.54. The first-order valence-corrected chi connectivity index (χ1v) is 9.21. The second-order valence-electron chi connectivity index (χ2n) is 6.44. The van der Waals surface area contributed by atoms with Crippen LogP contribution >= 0.6 is 0 Å². The van der Waals surface area contributed by atoms with E-state index in [4.69, 9.17) is 4.74 Å². The maximum Gasteiger partial charge on any atom is 0.251 e. The van der Waals surface area contributed by atoms with E-state index in [1.807, 2.05) is 36.4 Å². The van der Waals surface area contributed by atoms with Crippen LogP contribution in [0.1, 0.15) is 25.7 Å². The van der Waals surface area contributed by atoms with E-state index in [-0.39, 0.29) is 5.91 Å². The van der Waals surface area contributed by atoms with Gasteiger partial charge in [0, 0.05) is 23.9 Å². The molecule has 0 atom stereocenters. The predicted octanol–water partition coefficient (Wildman–Crippen LogP) is 5.20. The van der Waals surface area contributed by atoms with Gasteiger partial charge in [0.2, 0.25) is 0 Å². The Kier molecular flexibility index (Phi) is 6.26. The molecule has 0 saturated heterocycles. The first-order chi connectivity index (χ1) is 12.8. The van der Waals surface area contributed by atoms with E-state index in [2.05, 4.69) is 24.8 Å². The van der Waals surface area contributed by atoms with E-state index in [1.165, 1.54) is 5.56 Å². The minimum Gasteiger partial charge on any atom is -0.493 e. The Morgan fingerprint density at radius 1 is 0.846 bits per heavy atom. The van der Waals surface area contributed by atoms with E-state index < -0.39 is 0 Å². The van der Waals surface area contributed by atoms with Crippen molar-refractivity contribution >= 4 is 5.91 Å². The summed E-state index contributed by atoms with van der Waals surface area (Å²) in [5, 5.41) is 0. The van der Waals surface area contributed by atoms with Crippen molar-refractivity contribution in [1.82, 2.24) is 4.90 Å². The van der Waals surface area contributed by atoms with Crippen molar-refractivity contribution in [1.29, 1.82) is 0 Å². The van der Waals surface area contributed by atoms with Crippen LogP contribution in [0.3, 0.4) is 0 Å². The lowest BCUT2D eigenvalue weighted by Crippen LogP contribution is -2.24. The molecule has 0 aliphatic carbocycles. The number of rotatable bonds is 9. The van der Waals surface area contributed by atoms with Crippen LogP contribution < -0.4 is 4.74 Å². The second-order valence-corrected chi connectivity index (χ2v) is 6.44. The van der Waals surface area contributed by atoms with Crippen LogP contribution in [0, 0.1) is 0 Å². The number of allylic oxidation sites excluding steroid dienone is 1. The largest absolute Gasteiger partial charge is 0.493 e. The van der Waals surface area contributed by atoms with E-state index in [0.29, 0.717) is 6.61 Å². The highest BCUT2D eigenvalue weighted by Crippen LogP contribution is 2.29. The van der Waals surface area contributed by atoms with Crippen molar-refractivity contribution in [2.45, 2.75) is 25.7 Å². The van der Waals surface area contributed by atoms with Gasteiger partial charge in [-0.1, -0.05) is 68.0 Å². The quantitative estimate of drug-likeness (QED) is 0.583. The zero-order chi connectivity index (χ0) is 18.2. The van der Waals surface area contributed by atoms with Crippen LogP contribution in [0.25, 0.3) is 11.1 Å². The lowest BCUT2D eigenvalue weighted by molar-refractivity contribution is -0.123. The first-order valence-electron chi connectivity index (χ1n) is 9.21. The summed E-state index contributed by atoms with van der Waals surface area (Å²) >= 11 is 0. The molecule has 0 aromatic heterocycles. The molecule has 0 unspecified atom stereocenters. The maximum atomic E-state index is 11.6. The molecule has 3 nitrogen and oxygen atoms in total. The van der Waals surface area contributed by atoms with Gasteiger partial charge in [0.25, 0.3) is 5.91 Å². The van der Waals surface area contributed by atoms with Gasteiger partial charge in [-0.3, -0.25) is 4.79 Å². The van der Waals surface area contributed by atoms with Gasteiger partial charge < -0.3 is 9.64 Å². The molecule has 1 heterocycles. The molecule has 0 radical (unpaired) electrons. The van der Waals surface area contributed by atoms with Crippen molar-refractivity contribution in [2.75, 3.05) is 13.2 Å². The van der Waals surface area contributed by atoms with Gasteiger partial charge in [-0.2, -0.15) is 0 Å². The molecule has 0 fully saturated rings. The summed E-state index contributed by atoms with van der Waals surface area (Å²) in [4.78, 5) is 13.4. The van der Waals surface area contributed by atoms with Crippen LogP contribution in [-0.2, 0) is 4.79 Å². The summed E-state index contributed by atoms with van der Waals surface area (Å²) in [6.07, 6.45) is 7.54. The third-order valence-corrected chi connectivity index (χ3v) is 4.54. The van der Waals surface area contributed by atoms with Crippen LogP contribution in [0.5, 0.6) is 5.75 Å². The zero-order valence-electron chi connectivity index (χ0n) is 15.1. The normalized spacial score (nSPS) is 13.5. The van der Waals surface area contributed by atoms with Crippen molar-refractivity contribution in [2.24, 2.45) is 0 Å². The topological polar surface area (TPSA) is 29.5 Å². The van der Waals surface area contributed by atoms with Gasteiger partial charge in [-0.15, -0.1) is 0 Å². The molecule has 0 saturated carbocycles. The third kappa shape index (κ3) is 4.63. The van der Waals surface area contributed by atoms with Crippen molar-refractivity contribution < 1.29 is 9.53 Å². The summed E-state index contributed by atoms with van der Waals surface area (Å²) in [6.45, 7) is 5.34. The number of carbonyl (C=O) groups excluding carboxylic acids is 1. The van der Waals surface area contributed by atoms with E-state index in [0.717, 1.165) is 49.2 Å². The van der Waals surface area contributed by atoms with E-state index in [9.17, 15) is 4.79 Å². The number of hydrogen-bond acceptors (Lipinski definition) is 2. The smallest absolute Gasteiger partial charge is 0.251 e. The number of hydrogen-bond donors (Lipinski definition) is 0. The fraction of sp³-hybridized carbons (Fsp3) is 0.261. The van der Waals surface area contributed by atoms with Crippen LogP contribution in [0.2, 0.25) is 0 Å². The molecule has 0 spiro atoms. The standard InChI is InChI=1S/C23H25NO2/c1-19-15-16-23(25)24(19)17-9-2-3-10-18-26-22-14-8-7-13-21(22)20-11-5-4-6-12-20/h4-8,11-16H,1-3,9-10,17-18H2. The van der Waals surface area contributed by atoms with Gasteiger partial charge in [0.1, 0.15) is 5.75 Å². The molecule has 1 aliphatic heterocycles. The fourth-order valence-corrected chi connectivity index (χ4v) is 3.10. The second kappa shape index (κ2) is 9.04. The lowest BCUT2D eigenvalue weighted by Gasteiger charge is -2.16. The Hall–Kier alpha value is -2.81. The average Bonchev–Trinajstić information content (AvgIpc) is 3.00. The van der Waals surface area contributed by atoms with E-state index in [1.54, 1.807) is 17.1 Å². The molecular weight excluding hydrogens is 322 g/mol. The molecular formula is C23H25NO2. The average molecular weight is 347 g/mol. The summed E-state index contributed by atoms with van der Waals surface area (Å²) in [6, 6.07) is 18.5. The highest BCUT2D eigenvalue weighted by atomic mass is 16.5. The molecule has 1 aliphatic rings. The number of benzene rings is 2. The van der Waals surface area contributed by atoms with Gasteiger partial charge in [-0.25, -0.2) is 0 Å². The van der Waals surface area contributed by atoms with Gasteiger partial charge in [0.15, 0.2) is 0 Å². The minimum absolute atomic E-state index is 0.0517. The first kappa shape index (κ1) is 18.0. The molecule has 3 heteroatoms. The molecule has 0 N–H and O–H groups in total. The van der Waals surface area contributed by atoms with Crippen molar-refractivity contribution in [3.8, 4) is 16.9 Å². The highest BCUT2D eigenvalue weighted by Gasteiger charge is 2.17. The fourth-order valence-electron chi connectivity index (χ4n) is 3.10. The Labute approximate surface area is 155 Å². The summed E-state index contributed by atoms with van der Waals surface area (Å²) in [5.41, 5.74) is 3.11. The molecule has 1 amide bonds. The maximum absolute atomic E-state index is 11.6. The highest BCUT2D eigenvalue weighted by molar-refractivity contribution is 5.92. The van der Waals surface area contributed by atoms with Crippen molar-refractivity contribution in [3.05, 3.63) is 79.0 Å².